The molecule has 0 aromatic carbocycles. The van der Waals surface area contributed by atoms with Gasteiger partial charge >= 0.3 is 6.09 Å². The molecule has 0 aromatic heterocycles. The molecule has 0 aromatic rings. The van der Waals surface area contributed by atoms with Gasteiger partial charge < -0.3 is 15.4 Å². The van der Waals surface area contributed by atoms with Crippen LogP contribution in [-0.2, 0) is 4.74 Å². The van der Waals surface area contributed by atoms with Crippen molar-refractivity contribution in [1.82, 2.24) is 10.6 Å². The van der Waals surface area contributed by atoms with Gasteiger partial charge in [0, 0.05) is 18.5 Å². The molecule has 1 amide bonds. The fourth-order valence-corrected chi connectivity index (χ4v) is 1.91. The van der Waals surface area contributed by atoms with Gasteiger partial charge in [-0.2, -0.15) is 0 Å². The summed E-state index contributed by atoms with van der Waals surface area (Å²) in [5.74, 6) is 0. The normalized spacial score (nSPS) is 18.4. The van der Waals surface area contributed by atoms with E-state index in [4.69, 9.17) is 4.74 Å². The van der Waals surface area contributed by atoms with Crippen molar-refractivity contribution in [2.75, 3.05) is 26.7 Å². The van der Waals surface area contributed by atoms with Crippen molar-refractivity contribution in [1.29, 1.82) is 0 Å². The second-order valence-corrected chi connectivity index (χ2v) is 3.96. The SMILES string of the molecule is CCOC(=O)NCC1(CNC)CCC1. The van der Waals surface area contributed by atoms with Gasteiger partial charge in [0.1, 0.15) is 0 Å². The lowest BCUT2D eigenvalue weighted by Gasteiger charge is -2.41. The monoisotopic (exact) mass is 200 g/mol. The third kappa shape index (κ3) is 2.87. The van der Waals surface area contributed by atoms with Crippen molar-refractivity contribution in [3.63, 3.8) is 0 Å². The molecule has 1 aliphatic carbocycles. The Morgan fingerprint density at radius 3 is 2.57 bits per heavy atom. The van der Waals surface area contributed by atoms with E-state index in [0.717, 1.165) is 13.1 Å². The molecule has 14 heavy (non-hydrogen) atoms. The standard InChI is InChI=1S/C10H20N2O2/c1-3-14-9(13)12-8-10(7-11-2)5-4-6-10/h11H,3-8H2,1-2H3,(H,12,13). The first kappa shape index (κ1) is 11.3. The molecule has 2 N–H and O–H groups in total. The fourth-order valence-electron chi connectivity index (χ4n) is 1.91. The molecular weight excluding hydrogens is 180 g/mol. The fraction of sp³-hybridized carbons (Fsp3) is 0.900. The van der Waals surface area contributed by atoms with Crippen LogP contribution in [0.3, 0.4) is 0 Å². The number of rotatable bonds is 5. The first-order valence-electron chi connectivity index (χ1n) is 5.28. The Morgan fingerprint density at radius 2 is 2.14 bits per heavy atom. The summed E-state index contributed by atoms with van der Waals surface area (Å²) in [5, 5.41) is 5.98. The second kappa shape index (κ2) is 5.20. The average Bonchev–Trinajstić information content (AvgIpc) is 2.10. The predicted octanol–water partition coefficient (Wildman–Crippen LogP) is 1.12. The highest BCUT2D eigenvalue weighted by atomic mass is 16.5. The number of alkyl carbamates (subject to hydrolysis) is 1. The predicted molar refractivity (Wildman–Crippen MR) is 55.2 cm³/mol. The number of hydrogen-bond acceptors (Lipinski definition) is 3. The minimum atomic E-state index is -0.296. The minimum absolute atomic E-state index is 0.279. The van der Waals surface area contributed by atoms with Gasteiger partial charge in [0.2, 0.25) is 0 Å². The third-order valence-corrected chi connectivity index (χ3v) is 2.85. The van der Waals surface area contributed by atoms with E-state index >= 15 is 0 Å². The molecule has 0 aliphatic heterocycles. The van der Waals surface area contributed by atoms with E-state index in [2.05, 4.69) is 10.6 Å². The van der Waals surface area contributed by atoms with Gasteiger partial charge in [0.15, 0.2) is 0 Å². The number of nitrogens with one attached hydrogen (secondary N) is 2. The number of carbonyl (C=O) groups is 1. The van der Waals surface area contributed by atoms with Crippen molar-refractivity contribution in [2.45, 2.75) is 26.2 Å². The average molecular weight is 200 g/mol. The molecule has 4 nitrogen and oxygen atoms in total. The Hall–Kier alpha value is -0.770. The minimum Gasteiger partial charge on any atom is -0.450 e. The maximum atomic E-state index is 11.1. The molecule has 0 heterocycles. The summed E-state index contributed by atoms with van der Waals surface area (Å²) in [6.07, 6.45) is 3.36. The van der Waals surface area contributed by atoms with Crippen molar-refractivity contribution >= 4 is 6.09 Å². The lowest BCUT2D eigenvalue weighted by atomic mass is 9.68. The summed E-state index contributed by atoms with van der Waals surface area (Å²) in [5.41, 5.74) is 0.279. The van der Waals surface area contributed by atoms with E-state index in [1.165, 1.54) is 19.3 Å². The molecule has 1 fully saturated rings. The van der Waals surface area contributed by atoms with Crippen LogP contribution < -0.4 is 10.6 Å². The van der Waals surface area contributed by atoms with Gasteiger partial charge in [-0.05, 0) is 26.8 Å². The van der Waals surface area contributed by atoms with Crippen molar-refractivity contribution in [3.05, 3.63) is 0 Å². The first-order chi connectivity index (χ1) is 6.72. The maximum Gasteiger partial charge on any atom is 0.407 e. The zero-order valence-electron chi connectivity index (χ0n) is 9.06. The number of hydrogen-bond donors (Lipinski definition) is 2. The molecule has 82 valence electrons. The van der Waals surface area contributed by atoms with Crippen molar-refractivity contribution < 1.29 is 9.53 Å². The van der Waals surface area contributed by atoms with Crippen molar-refractivity contribution in [2.24, 2.45) is 5.41 Å². The Balaban J connectivity index is 2.23. The lowest BCUT2D eigenvalue weighted by molar-refractivity contribution is 0.112. The number of ether oxygens (including phenoxy) is 1. The second-order valence-electron chi connectivity index (χ2n) is 3.96. The Labute approximate surface area is 85.4 Å². The van der Waals surface area contributed by atoms with E-state index in [1.807, 2.05) is 14.0 Å². The summed E-state index contributed by atoms with van der Waals surface area (Å²) < 4.78 is 4.81. The largest absolute Gasteiger partial charge is 0.450 e. The van der Waals surface area contributed by atoms with Crippen LogP contribution in [0.2, 0.25) is 0 Å². The highest BCUT2D eigenvalue weighted by Crippen LogP contribution is 2.39. The molecular formula is C10H20N2O2. The third-order valence-electron chi connectivity index (χ3n) is 2.85. The quantitative estimate of drug-likeness (QED) is 0.699. The molecule has 0 bridgehead atoms. The van der Waals surface area contributed by atoms with E-state index < -0.39 is 0 Å². The summed E-state index contributed by atoms with van der Waals surface area (Å²) >= 11 is 0. The molecule has 0 saturated heterocycles. The van der Waals surface area contributed by atoms with Crippen LogP contribution in [0.4, 0.5) is 4.79 Å². The Morgan fingerprint density at radius 1 is 1.43 bits per heavy atom. The highest BCUT2D eigenvalue weighted by molar-refractivity contribution is 5.67. The van der Waals surface area contributed by atoms with Gasteiger partial charge in [-0.25, -0.2) is 4.79 Å². The molecule has 0 unspecified atom stereocenters. The van der Waals surface area contributed by atoms with Crippen LogP contribution in [0.15, 0.2) is 0 Å². The molecule has 4 heteroatoms. The van der Waals surface area contributed by atoms with Gasteiger partial charge in [-0.1, -0.05) is 6.42 Å². The van der Waals surface area contributed by atoms with Crippen LogP contribution in [0.1, 0.15) is 26.2 Å². The smallest absolute Gasteiger partial charge is 0.407 e. The van der Waals surface area contributed by atoms with Gasteiger partial charge in [-0.3, -0.25) is 0 Å². The highest BCUT2D eigenvalue weighted by Gasteiger charge is 2.36. The maximum absolute atomic E-state index is 11.1. The topological polar surface area (TPSA) is 50.4 Å². The van der Waals surface area contributed by atoms with Gasteiger partial charge in [0.25, 0.3) is 0 Å². The summed E-state index contributed by atoms with van der Waals surface area (Å²) in [7, 11) is 1.95. The van der Waals surface area contributed by atoms with Crippen LogP contribution in [0, 0.1) is 5.41 Å². The van der Waals surface area contributed by atoms with E-state index in [0.29, 0.717) is 6.61 Å². The zero-order chi connectivity index (χ0) is 10.4. The molecule has 1 aliphatic rings. The van der Waals surface area contributed by atoms with Gasteiger partial charge in [-0.15, -0.1) is 0 Å². The summed E-state index contributed by atoms with van der Waals surface area (Å²) in [4.78, 5) is 11.1. The molecule has 0 atom stereocenters. The number of carbonyl (C=O) groups excluding carboxylic acids is 1. The Kier molecular flexibility index (Phi) is 4.20. The van der Waals surface area contributed by atoms with E-state index in [1.54, 1.807) is 0 Å². The van der Waals surface area contributed by atoms with Crippen LogP contribution in [0.25, 0.3) is 0 Å². The van der Waals surface area contributed by atoms with E-state index in [-0.39, 0.29) is 11.5 Å². The zero-order valence-corrected chi connectivity index (χ0v) is 9.06. The van der Waals surface area contributed by atoms with Crippen LogP contribution in [0.5, 0.6) is 0 Å². The first-order valence-corrected chi connectivity index (χ1v) is 5.28. The molecule has 1 rings (SSSR count). The van der Waals surface area contributed by atoms with E-state index in [9.17, 15) is 4.79 Å². The molecule has 1 saturated carbocycles. The lowest BCUT2D eigenvalue weighted by Crippen LogP contribution is -2.47. The Bertz CT molecular complexity index is 191. The molecule has 0 radical (unpaired) electrons. The molecule has 0 spiro atoms. The van der Waals surface area contributed by atoms with Crippen LogP contribution >= 0.6 is 0 Å². The summed E-state index contributed by atoms with van der Waals surface area (Å²) in [6.45, 7) is 3.95. The number of amides is 1. The summed E-state index contributed by atoms with van der Waals surface area (Å²) in [6, 6.07) is 0. The van der Waals surface area contributed by atoms with Crippen LogP contribution in [-0.4, -0.2) is 32.8 Å². The van der Waals surface area contributed by atoms with Crippen molar-refractivity contribution in [3.8, 4) is 0 Å². The van der Waals surface area contributed by atoms with Gasteiger partial charge in [0.05, 0.1) is 6.61 Å².